The normalized spacial score (nSPS) is 17.6. The molecule has 1 heterocycles. The van der Waals surface area contributed by atoms with E-state index in [1.54, 1.807) is 6.07 Å². The second-order valence-electron chi connectivity index (χ2n) is 9.78. The van der Waals surface area contributed by atoms with Gasteiger partial charge in [-0.25, -0.2) is 9.18 Å². The Morgan fingerprint density at radius 3 is 2.62 bits per heavy atom. The lowest BCUT2D eigenvalue weighted by Gasteiger charge is -2.33. The first kappa shape index (κ1) is 25.0. The highest BCUT2D eigenvalue weighted by Gasteiger charge is 2.30. The van der Waals surface area contributed by atoms with Crippen molar-refractivity contribution in [3.8, 4) is 5.75 Å². The summed E-state index contributed by atoms with van der Waals surface area (Å²) in [6.07, 6.45) is 1.66. The van der Waals surface area contributed by atoms with Gasteiger partial charge in [0.1, 0.15) is 17.7 Å². The van der Waals surface area contributed by atoms with Crippen molar-refractivity contribution in [2.24, 2.45) is 0 Å². The number of ether oxygens (including phenoxy) is 2. The van der Waals surface area contributed by atoms with Crippen LogP contribution in [0.15, 0.2) is 78.9 Å². The fourth-order valence-electron chi connectivity index (χ4n) is 5.41. The van der Waals surface area contributed by atoms with Crippen molar-refractivity contribution in [1.82, 2.24) is 5.32 Å². The van der Waals surface area contributed by atoms with Gasteiger partial charge in [0.05, 0.1) is 12.7 Å². The van der Waals surface area contributed by atoms with Crippen LogP contribution in [-0.2, 0) is 4.74 Å². The number of halogens is 1. The summed E-state index contributed by atoms with van der Waals surface area (Å²) < 4.78 is 25.7. The van der Waals surface area contributed by atoms with Gasteiger partial charge in [-0.1, -0.05) is 60.7 Å². The van der Waals surface area contributed by atoms with E-state index in [0.717, 1.165) is 52.8 Å². The van der Waals surface area contributed by atoms with Gasteiger partial charge in [-0.15, -0.1) is 0 Å². The summed E-state index contributed by atoms with van der Waals surface area (Å²) in [5.41, 5.74) is 4.81. The van der Waals surface area contributed by atoms with Gasteiger partial charge in [0.2, 0.25) is 0 Å². The highest BCUT2D eigenvalue weighted by Crippen LogP contribution is 2.41. The number of esters is 1. The molecule has 2 unspecified atom stereocenters. The van der Waals surface area contributed by atoms with Crippen LogP contribution in [0.4, 0.5) is 4.39 Å². The van der Waals surface area contributed by atoms with Crippen LogP contribution in [0.3, 0.4) is 0 Å². The average Bonchev–Trinajstić information content (AvgIpc) is 2.93. The Bertz CT molecular complexity index is 1430. The van der Waals surface area contributed by atoms with E-state index in [2.05, 4.69) is 24.4 Å². The molecule has 4 aromatic carbocycles. The van der Waals surface area contributed by atoms with Gasteiger partial charge in [0.15, 0.2) is 0 Å². The van der Waals surface area contributed by atoms with Crippen LogP contribution in [0.5, 0.6) is 5.75 Å². The van der Waals surface area contributed by atoms with Crippen molar-refractivity contribution in [3.05, 3.63) is 112 Å². The summed E-state index contributed by atoms with van der Waals surface area (Å²) in [5, 5.41) is 5.19. The number of methoxy groups -OCH3 is 1. The van der Waals surface area contributed by atoms with Crippen LogP contribution in [-0.4, -0.2) is 25.7 Å². The molecule has 1 N–H and O–H groups in total. The quantitative estimate of drug-likeness (QED) is 0.277. The monoisotopic (exact) mass is 497 g/mol. The van der Waals surface area contributed by atoms with Crippen molar-refractivity contribution in [1.29, 1.82) is 0 Å². The molecule has 0 radical (unpaired) electrons. The topological polar surface area (TPSA) is 47.6 Å². The smallest absolute Gasteiger partial charge is 0.338 e. The molecule has 37 heavy (non-hydrogen) atoms. The third kappa shape index (κ3) is 5.09. The fraction of sp³-hybridized carbons (Fsp3) is 0.281. The maximum Gasteiger partial charge on any atom is 0.338 e. The Labute approximate surface area is 217 Å². The van der Waals surface area contributed by atoms with Gasteiger partial charge in [0.25, 0.3) is 0 Å². The second kappa shape index (κ2) is 10.7. The Morgan fingerprint density at radius 2 is 1.81 bits per heavy atom. The highest BCUT2D eigenvalue weighted by atomic mass is 19.1. The van der Waals surface area contributed by atoms with Crippen LogP contribution in [0.2, 0.25) is 0 Å². The molecular weight excluding hydrogens is 465 g/mol. The zero-order valence-electron chi connectivity index (χ0n) is 21.5. The zero-order chi connectivity index (χ0) is 25.9. The van der Waals surface area contributed by atoms with E-state index in [9.17, 15) is 9.18 Å². The molecule has 0 saturated heterocycles. The number of nitrogens with one attached hydrogen (secondary N) is 1. The lowest BCUT2D eigenvalue weighted by molar-refractivity contribution is 0.0599. The summed E-state index contributed by atoms with van der Waals surface area (Å²) in [7, 11) is 1.41. The molecule has 0 aliphatic carbocycles. The summed E-state index contributed by atoms with van der Waals surface area (Å²) in [4.78, 5) is 12.3. The predicted molar refractivity (Wildman–Crippen MR) is 145 cm³/mol. The number of para-hydroxylation sites is 1. The van der Waals surface area contributed by atoms with E-state index in [4.69, 9.17) is 9.47 Å². The molecular formula is C32H32FNO3. The molecule has 0 amide bonds. The summed E-state index contributed by atoms with van der Waals surface area (Å²) >= 11 is 0. The van der Waals surface area contributed by atoms with Gasteiger partial charge >= 0.3 is 5.97 Å². The van der Waals surface area contributed by atoms with Crippen molar-refractivity contribution in [3.63, 3.8) is 0 Å². The third-order valence-corrected chi connectivity index (χ3v) is 7.44. The van der Waals surface area contributed by atoms with Crippen LogP contribution in [0, 0.1) is 12.7 Å². The Balaban J connectivity index is 1.32. The van der Waals surface area contributed by atoms with Gasteiger partial charge in [-0.05, 0) is 73.5 Å². The van der Waals surface area contributed by atoms with Gasteiger partial charge in [-0.3, -0.25) is 0 Å². The number of benzene rings is 4. The van der Waals surface area contributed by atoms with E-state index >= 15 is 0 Å². The number of carbonyl (C=O) groups excluding carboxylic acids is 1. The average molecular weight is 498 g/mol. The largest absolute Gasteiger partial charge is 0.490 e. The first-order valence-corrected chi connectivity index (χ1v) is 12.8. The Hall–Kier alpha value is -3.70. The third-order valence-electron chi connectivity index (χ3n) is 7.44. The van der Waals surface area contributed by atoms with Crippen LogP contribution in [0.1, 0.15) is 64.3 Å². The highest BCUT2D eigenvalue weighted by molar-refractivity contribution is 5.91. The van der Waals surface area contributed by atoms with Crippen LogP contribution in [0.25, 0.3) is 10.8 Å². The predicted octanol–water partition coefficient (Wildman–Crippen LogP) is 7.10. The maximum absolute atomic E-state index is 14.3. The van der Waals surface area contributed by atoms with E-state index in [1.165, 1.54) is 7.11 Å². The van der Waals surface area contributed by atoms with Crippen molar-refractivity contribution >= 4 is 16.7 Å². The minimum Gasteiger partial charge on any atom is -0.490 e. The molecule has 0 aromatic heterocycles. The molecule has 5 heteroatoms. The number of rotatable bonds is 7. The molecule has 0 fully saturated rings. The Kier molecular flexibility index (Phi) is 7.24. The second-order valence-corrected chi connectivity index (χ2v) is 9.78. The number of carbonyl (C=O) groups is 1. The van der Waals surface area contributed by atoms with Crippen LogP contribution >= 0.6 is 0 Å². The van der Waals surface area contributed by atoms with Crippen molar-refractivity contribution < 1.29 is 18.7 Å². The molecule has 4 nitrogen and oxygen atoms in total. The number of fused-ring (bicyclic) bond motifs is 2. The molecule has 0 bridgehead atoms. The minimum absolute atomic E-state index is 0.0208. The van der Waals surface area contributed by atoms with E-state index in [1.807, 2.05) is 67.6 Å². The van der Waals surface area contributed by atoms with Crippen molar-refractivity contribution in [2.45, 2.75) is 44.8 Å². The van der Waals surface area contributed by atoms with Gasteiger partial charge in [0, 0.05) is 22.9 Å². The molecule has 0 saturated carbocycles. The number of hydrogen-bond acceptors (Lipinski definition) is 4. The number of hydrogen-bond donors (Lipinski definition) is 1. The summed E-state index contributed by atoms with van der Waals surface area (Å²) in [6, 6.07) is 25.3. The minimum atomic E-state index is -0.317. The summed E-state index contributed by atoms with van der Waals surface area (Å²) in [6.45, 7) is 4.79. The van der Waals surface area contributed by atoms with Crippen molar-refractivity contribution in [2.75, 3.05) is 13.7 Å². The van der Waals surface area contributed by atoms with Crippen LogP contribution < -0.4 is 10.1 Å². The first-order valence-electron chi connectivity index (χ1n) is 12.8. The molecule has 5 rings (SSSR count). The summed E-state index contributed by atoms with van der Waals surface area (Å²) in [5.74, 6) is 0.500. The first-order chi connectivity index (χ1) is 18.0. The molecule has 3 atom stereocenters. The number of aryl methyl sites for hydroxylation is 1. The van der Waals surface area contributed by atoms with E-state index in [0.29, 0.717) is 10.9 Å². The molecule has 4 aromatic rings. The molecule has 190 valence electrons. The molecule has 1 aliphatic heterocycles. The fourth-order valence-corrected chi connectivity index (χ4v) is 5.41. The molecule has 1 aliphatic rings. The zero-order valence-corrected chi connectivity index (χ0v) is 21.5. The van der Waals surface area contributed by atoms with Gasteiger partial charge < -0.3 is 14.8 Å². The lowest BCUT2D eigenvalue weighted by atomic mass is 9.82. The Morgan fingerprint density at radius 1 is 1.05 bits per heavy atom. The standard InChI is InChI=1S/C32H32FNO3/c1-20-12-13-22(18-28(20)32(35)36-3)29-19-23(37-31-11-7-6-10-27(29)31)16-17-34-21(2)24-14-15-30(33)26-9-5-4-8-25(24)26/h4-15,18,21,23,29,34H,16-17,19H2,1-3H3/t21-,23?,29?/m1/s1. The van der Waals surface area contributed by atoms with E-state index < -0.39 is 0 Å². The lowest BCUT2D eigenvalue weighted by Crippen LogP contribution is -2.31. The van der Waals surface area contributed by atoms with Gasteiger partial charge in [-0.2, -0.15) is 0 Å². The molecule has 0 spiro atoms. The SMILES string of the molecule is COC(=O)c1cc(C2CC(CCN[C@H](C)c3ccc(F)c4ccccc34)Oc3ccccc32)ccc1C. The van der Waals surface area contributed by atoms with E-state index in [-0.39, 0.29) is 29.9 Å². The maximum atomic E-state index is 14.3.